The van der Waals surface area contributed by atoms with Gasteiger partial charge in [0.2, 0.25) is 0 Å². The maximum Gasteiger partial charge on any atom is 0.483 e. The number of rotatable bonds is 9. The Morgan fingerprint density at radius 2 is 1.67 bits per heavy atom. The van der Waals surface area contributed by atoms with Crippen LogP contribution in [-0.2, 0) is 32.0 Å². The second-order valence-corrected chi connectivity index (χ2v) is 10.8. The highest BCUT2D eigenvalue weighted by atomic mass is 31.3. The van der Waals surface area contributed by atoms with Crippen molar-refractivity contribution >= 4 is 32.6 Å². The molecular formula is C15H23N5O14P2. The highest BCUT2D eigenvalue weighted by Crippen LogP contribution is 2.61. The van der Waals surface area contributed by atoms with Gasteiger partial charge in [0, 0.05) is 0 Å². The number of hydrogen-bond donors (Lipinski definition) is 8. The van der Waals surface area contributed by atoms with Gasteiger partial charge >= 0.3 is 15.6 Å². The third kappa shape index (κ3) is 5.45. The molecule has 0 amide bonds. The molecule has 0 bridgehead atoms. The number of phosphoric ester groups is 2. The first kappa shape index (κ1) is 27.4. The second-order valence-electron chi connectivity index (χ2n) is 7.76. The molecule has 0 radical (unpaired) electrons. The quantitative estimate of drug-likeness (QED) is 0.140. The molecule has 2 aliphatic rings. The molecule has 202 valence electrons. The summed E-state index contributed by atoms with van der Waals surface area (Å²) in [5, 5.41) is 49.1. The lowest BCUT2D eigenvalue weighted by Crippen LogP contribution is -2.34. The fourth-order valence-electron chi connectivity index (χ4n) is 3.58. The average molecular weight is 559 g/mol. The topological polar surface area (TPSA) is 292 Å². The second kappa shape index (κ2) is 10.2. The van der Waals surface area contributed by atoms with Gasteiger partial charge in [-0.2, -0.15) is 4.31 Å². The van der Waals surface area contributed by atoms with Gasteiger partial charge in [-0.25, -0.2) is 24.1 Å². The van der Waals surface area contributed by atoms with Crippen molar-refractivity contribution in [2.24, 2.45) is 0 Å². The van der Waals surface area contributed by atoms with Gasteiger partial charge in [-0.3, -0.25) is 13.6 Å². The smallest absolute Gasteiger partial charge is 0.394 e. The number of ether oxygens (including phenoxy) is 2. The van der Waals surface area contributed by atoms with E-state index >= 15 is 0 Å². The van der Waals surface area contributed by atoms with E-state index in [-0.39, 0.29) is 17.0 Å². The molecule has 2 fully saturated rings. The van der Waals surface area contributed by atoms with Gasteiger partial charge in [-0.05, 0) is 0 Å². The van der Waals surface area contributed by atoms with Crippen LogP contribution in [0.2, 0.25) is 0 Å². The Bertz CT molecular complexity index is 1180. The standard InChI is InChI=1S/C15H23N5O14P2/c16-12-7-13(18-3-17-12)20(4-19-7)14-10(24)9(23)6(31-14)2-30-35(26,27)34-36(28,29)33-15-11(25)8(22)5(1-21)32-15/h3-6,8-11,14-15,21-25H,1-2H2,(H,26,27)(H,28,29)(H2,16,17,18). The average Bonchev–Trinajstić information content (AvgIpc) is 3.43. The van der Waals surface area contributed by atoms with Crippen LogP contribution in [0, 0.1) is 0 Å². The molecule has 10 unspecified atom stereocenters. The van der Waals surface area contributed by atoms with Crippen LogP contribution >= 0.6 is 15.6 Å². The van der Waals surface area contributed by atoms with E-state index in [1.54, 1.807) is 0 Å². The van der Waals surface area contributed by atoms with Crippen LogP contribution in [0.5, 0.6) is 0 Å². The van der Waals surface area contributed by atoms with Gasteiger partial charge in [0.1, 0.15) is 48.5 Å². The van der Waals surface area contributed by atoms with Crippen molar-refractivity contribution in [3.63, 3.8) is 0 Å². The van der Waals surface area contributed by atoms with Crippen LogP contribution in [0.3, 0.4) is 0 Å². The van der Waals surface area contributed by atoms with E-state index in [0.29, 0.717) is 0 Å². The number of phosphoric acid groups is 2. The Labute approximate surface area is 200 Å². The van der Waals surface area contributed by atoms with E-state index in [9.17, 15) is 39.3 Å². The van der Waals surface area contributed by atoms with Gasteiger partial charge in [-0.15, -0.1) is 0 Å². The maximum absolute atomic E-state index is 12.2. The Morgan fingerprint density at radius 3 is 2.33 bits per heavy atom. The van der Waals surface area contributed by atoms with Crippen molar-refractivity contribution in [2.75, 3.05) is 18.9 Å². The molecule has 2 aromatic rings. The van der Waals surface area contributed by atoms with E-state index in [0.717, 1.165) is 6.33 Å². The van der Waals surface area contributed by atoms with Gasteiger partial charge in [0.15, 0.2) is 24.0 Å². The van der Waals surface area contributed by atoms with Crippen LogP contribution in [0.25, 0.3) is 11.2 Å². The van der Waals surface area contributed by atoms with Crippen molar-refractivity contribution in [1.82, 2.24) is 19.5 Å². The number of nitrogens with two attached hydrogens (primary N) is 1. The number of imidazole rings is 1. The summed E-state index contributed by atoms with van der Waals surface area (Å²) in [6.07, 6.45) is -10.5. The normalized spacial score (nSPS) is 36.2. The first-order valence-electron chi connectivity index (χ1n) is 10.1. The molecule has 2 saturated heterocycles. The molecule has 2 aliphatic heterocycles. The Morgan fingerprint density at radius 1 is 0.972 bits per heavy atom. The molecule has 19 nitrogen and oxygen atoms in total. The van der Waals surface area contributed by atoms with E-state index in [4.69, 9.17) is 20.3 Å². The van der Waals surface area contributed by atoms with Crippen molar-refractivity contribution in [1.29, 1.82) is 0 Å². The summed E-state index contributed by atoms with van der Waals surface area (Å²) in [6, 6.07) is 0. The Hall–Kier alpha value is -1.67. The number of nitrogen functional groups attached to an aromatic ring is 1. The fraction of sp³-hybridized carbons (Fsp3) is 0.667. The van der Waals surface area contributed by atoms with E-state index < -0.39 is 78.0 Å². The van der Waals surface area contributed by atoms with Gasteiger partial charge < -0.3 is 50.5 Å². The van der Waals surface area contributed by atoms with E-state index in [1.807, 2.05) is 0 Å². The minimum atomic E-state index is -5.44. The molecule has 2 aromatic heterocycles. The highest BCUT2D eigenvalue weighted by Gasteiger charge is 2.49. The summed E-state index contributed by atoms with van der Waals surface area (Å²) in [7, 11) is -10.8. The number of aliphatic hydroxyl groups is 5. The molecule has 0 spiro atoms. The molecule has 0 aromatic carbocycles. The molecule has 0 saturated carbocycles. The first-order valence-corrected chi connectivity index (χ1v) is 13.1. The zero-order chi connectivity index (χ0) is 26.4. The summed E-state index contributed by atoms with van der Waals surface area (Å²) in [4.78, 5) is 31.4. The Balaban J connectivity index is 1.37. The molecule has 9 N–H and O–H groups in total. The van der Waals surface area contributed by atoms with Crippen molar-refractivity contribution < 1.29 is 67.3 Å². The SMILES string of the molecule is Nc1ncnc2c1ncn2C1OC(COP(=O)(O)OP(=O)(O)OC2OC(CO)C(O)C2O)C(O)C1O. The molecule has 36 heavy (non-hydrogen) atoms. The van der Waals surface area contributed by atoms with Crippen LogP contribution < -0.4 is 5.73 Å². The number of hydrogen-bond acceptors (Lipinski definition) is 16. The van der Waals surface area contributed by atoms with E-state index in [1.165, 1.54) is 10.9 Å². The predicted molar refractivity (Wildman–Crippen MR) is 111 cm³/mol. The third-order valence-corrected chi connectivity index (χ3v) is 7.94. The molecule has 10 atom stereocenters. The zero-order valence-corrected chi connectivity index (χ0v) is 19.7. The minimum absolute atomic E-state index is 0.0533. The summed E-state index contributed by atoms with van der Waals surface area (Å²) >= 11 is 0. The molecule has 4 heterocycles. The number of fused-ring (bicyclic) bond motifs is 1. The predicted octanol–water partition coefficient (Wildman–Crippen LogP) is -3.28. The lowest BCUT2D eigenvalue weighted by atomic mass is 10.1. The highest BCUT2D eigenvalue weighted by molar-refractivity contribution is 7.61. The van der Waals surface area contributed by atoms with Crippen molar-refractivity contribution in [3.8, 4) is 0 Å². The van der Waals surface area contributed by atoms with Crippen LogP contribution in [0.1, 0.15) is 6.23 Å². The first-order chi connectivity index (χ1) is 16.8. The molecule has 4 rings (SSSR count). The number of aliphatic hydroxyl groups excluding tert-OH is 5. The maximum atomic E-state index is 12.2. The lowest BCUT2D eigenvalue weighted by molar-refractivity contribution is -0.125. The monoisotopic (exact) mass is 559 g/mol. The summed E-state index contributed by atoms with van der Waals surface area (Å²) in [5.74, 6) is 0.0533. The van der Waals surface area contributed by atoms with Gasteiger partial charge in [0.25, 0.3) is 0 Å². The van der Waals surface area contributed by atoms with E-state index in [2.05, 4.69) is 28.3 Å². The fourth-order valence-corrected chi connectivity index (χ4v) is 5.74. The van der Waals surface area contributed by atoms with Gasteiger partial charge in [-0.1, -0.05) is 0 Å². The largest absolute Gasteiger partial charge is 0.483 e. The van der Waals surface area contributed by atoms with Crippen molar-refractivity contribution in [2.45, 2.75) is 49.1 Å². The Kier molecular flexibility index (Phi) is 7.78. The summed E-state index contributed by atoms with van der Waals surface area (Å²) < 4.78 is 49.1. The van der Waals surface area contributed by atoms with Crippen LogP contribution in [-0.4, -0.2) is 111 Å². The third-order valence-electron chi connectivity index (χ3n) is 5.34. The number of nitrogens with zero attached hydrogens (tertiary/aromatic N) is 4. The summed E-state index contributed by atoms with van der Waals surface area (Å²) in [5.41, 5.74) is 6.08. The molecular weight excluding hydrogens is 536 g/mol. The lowest BCUT2D eigenvalue weighted by Gasteiger charge is -2.21. The number of aromatic nitrogens is 4. The molecule has 21 heteroatoms. The minimum Gasteiger partial charge on any atom is -0.394 e. The van der Waals surface area contributed by atoms with Crippen LogP contribution in [0.15, 0.2) is 12.7 Å². The van der Waals surface area contributed by atoms with Crippen molar-refractivity contribution in [3.05, 3.63) is 12.7 Å². The van der Waals surface area contributed by atoms with Crippen LogP contribution in [0.4, 0.5) is 5.82 Å². The summed E-state index contributed by atoms with van der Waals surface area (Å²) in [6.45, 7) is -1.66. The number of anilines is 1. The molecule has 0 aliphatic carbocycles. The zero-order valence-electron chi connectivity index (χ0n) is 17.9. The van der Waals surface area contributed by atoms with Gasteiger partial charge in [0.05, 0.1) is 19.5 Å².